The summed E-state index contributed by atoms with van der Waals surface area (Å²) in [5.41, 5.74) is 0.923. The number of aromatic nitrogens is 2. The van der Waals surface area contributed by atoms with Gasteiger partial charge in [-0.2, -0.15) is 10.4 Å². The zero-order valence-corrected chi connectivity index (χ0v) is 6.33. The number of nitrogens with one attached hydrogen (secondary N) is 2. The highest BCUT2D eigenvalue weighted by atomic mass is 15.1. The largest absolute Gasteiger partial charge is 0.381 e. The standard InChI is InChI=1S/C7H10N4/c1-6(2-8)3-9-7-4-10-11-5-7/h4-6,9H,3H2,1H3,(H,10,11). The van der Waals surface area contributed by atoms with Gasteiger partial charge in [0.25, 0.3) is 0 Å². The number of nitriles is 1. The molecule has 1 atom stereocenters. The maximum atomic E-state index is 8.45. The summed E-state index contributed by atoms with van der Waals surface area (Å²) >= 11 is 0. The normalized spacial score (nSPS) is 12.0. The van der Waals surface area contributed by atoms with Gasteiger partial charge in [0.05, 0.1) is 23.9 Å². The average Bonchev–Trinajstić information content (AvgIpc) is 2.52. The number of hydrogen-bond donors (Lipinski definition) is 2. The second kappa shape index (κ2) is 3.62. The Morgan fingerprint density at radius 2 is 2.73 bits per heavy atom. The Labute approximate surface area is 65.2 Å². The first-order chi connectivity index (χ1) is 5.33. The van der Waals surface area contributed by atoms with Gasteiger partial charge in [0.1, 0.15) is 0 Å². The lowest BCUT2D eigenvalue weighted by molar-refractivity contribution is 0.786. The number of H-pyrrole nitrogens is 1. The molecule has 0 aliphatic rings. The first-order valence-electron chi connectivity index (χ1n) is 3.45. The van der Waals surface area contributed by atoms with Crippen LogP contribution in [0.15, 0.2) is 12.4 Å². The molecule has 58 valence electrons. The molecule has 0 saturated heterocycles. The van der Waals surface area contributed by atoms with Gasteiger partial charge in [-0.1, -0.05) is 0 Å². The predicted octanol–water partition coefficient (Wildman–Crippen LogP) is 0.981. The second-order valence-electron chi connectivity index (χ2n) is 2.40. The van der Waals surface area contributed by atoms with Gasteiger partial charge in [0, 0.05) is 12.7 Å². The first kappa shape index (κ1) is 7.61. The van der Waals surface area contributed by atoms with Crippen molar-refractivity contribution in [1.82, 2.24) is 10.2 Å². The summed E-state index contributed by atoms with van der Waals surface area (Å²) < 4.78 is 0. The fourth-order valence-corrected chi connectivity index (χ4v) is 0.664. The Kier molecular flexibility index (Phi) is 2.50. The molecule has 4 nitrogen and oxygen atoms in total. The Morgan fingerprint density at radius 1 is 1.91 bits per heavy atom. The minimum atomic E-state index is 0.0323. The van der Waals surface area contributed by atoms with E-state index in [-0.39, 0.29) is 5.92 Å². The van der Waals surface area contributed by atoms with Crippen LogP contribution in [0, 0.1) is 17.2 Å². The Morgan fingerprint density at radius 3 is 3.27 bits per heavy atom. The minimum Gasteiger partial charge on any atom is -0.381 e. The van der Waals surface area contributed by atoms with Crippen LogP contribution in [0.3, 0.4) is 0 Å². The molecule has 0 spiro atoms. The summed E-state index contributed by atoms with van der Waals surface area (Å²) in [5.74, 6) is 0.0323. The van der Waals surface area contributed by atoms with Gasteiger partial charge in [-0.25, -0.2) is 0 Å². The van der Waals surface area contributed by atoms with Gasteiger partial charge < -0.3 is 5.32 Å². The predicted molar refractivity (Wildman–Crippen MR) is 41.9 cm³/mol. The zero-order chi connectivity index (χ0) is 8.10. The van der Waals surface area contributed by atoms with E-state index in [9.17, 15) is 0 Å². The van der Waals surface area contributed by atoms with Crippen molar-refractivity contribution in [1.29, 1.82) is 5.26 Å². The molecule has 0 fully saturated rings. The third-order valence-electron chi connectivity index (χ3n) is 1.33. The van der Waals surface area contributed by atoms with Crippen molar-refractivity contribution >= 4 is 5.69 Å². The fourth-order valence-electron chi connectivity index (χ4n) is 0.664. The van der Waals surface area contributed by atoms with Gasteiger partial charge >= 0.3 is 0 Å². The van der Waals surface area contributed by atoms with Crippen molar-refractivity contribution in [3.8, 4) is 6.07 Å². The lowest BCUT2D eigenvalue weighted by Crippen LogP contribution is -2.08. The molecule has 2 N–H and O–H groups in total. The van der Waals surface area contributed by atoms with Crippen LogP contribution in [0.2, 0.25) is 0 Å². The van der Waals surface area contributed by atoms with Crippen LogP contribution in [-0.4, -0.2) is 16.7 Å². The van der Waals surface area contributed by atoms with E-state index in [0.29, 0.717) is 6.54 Å². The summed E-state index contributed by atoms with van der Waals surface area (Å²) in [6, 6.07) is 2.13. The molecule has 1 rings (SSSR count). The highest BCUT2D eigenvalue weighted by molar-refractivity contribution is 5.37. The molecule has 4 heteroatoms. The Hall–Kier alpha value is -1.50. The van der Waals surface area contributed by atoms with Crippen molar-refractivity contribution < 1.29 is 0 Å². The highest BCUT2D eigenvalue weighted by Crippen LogP contribution is 2.02. The second-order valence-corrected chi connectivity index (χ2v) is 2.40. The van der Waals surface area contributed by atoms with Gasteiger partial charge in [-0.15, -0.1) is 0 Å². The summed E-state index contributed by atoms with van der Waals surface area (Å²) in [5, 5.41) is 17.9. The summed E-state index contributed by atoms with van der Waals surface area (Å²) in [7, 11) is 0. The number of aromatic amines is 1. The minimum absolute atomic E-state index is 0.0323. The lowest BCUT2D eigenvalue weighted by Gasteiger charge is -2.02. The Balaban J connectivity index is 2.30. The van der Waals surface area contributed by atoms with Crippen molar-refractivity contribution in [3.05, 3.63) is 12.4 Å². The smallest absolute Gasteiger partial charge is 0.0724 e. The average molecular weight is 150 g/mol. The molecule has 1 aromatic rings. The van der Waals surface area contributed by atoms with Gasteiger partial charge in [-0.05, 0) is 6.92 Å². The highest BCUT2D eigenvalue weighted by Gasteiger charge is 1.98. The van der Waals surface area contributed by atoms with Crippen molar-refractivity contribution in [3.63, 3.8) is 0 Å². The molecule has 0 aliphatic carbocycles. The molecule has 11 heavy (non-hydrogen) atoms. The molecule has 0 aliphatic heterocycles. The van der Waals surface area contributed by atoms with E-state index in [1.54, 1.807) is 12.4 Å². The number of rotatable bonds is 3. The summed E-state index contributed by atoms with van der Waals surface area (Å²) in [4.78, 5) is 0. The van der Waals surface area contributed by atoms with E-state index >= 15 is 0 Å². The van der Waals surface area contributed by atoms with E-state index in [1.807, 2.05) is 6.92 Å². The summed E-state index contributed by atoms with van der Waals surface area (Å²) in [6.45, 7) is 2.53. The molecule has 0 aromatic carbocycles. The number of anilines is 1. The molecular weight excluding hydrogens is 140 g/mol. The maximum Gasteiger partial charge on any atom is 0.0724 e. The molecule has 0 saturated carbocycles. The van der Waals surface area contributed by atoms with E-state index < -0.39 is 0 Å². The molecule has 0 bridgehead atoms. The molecule has 1 heterocycles. The van der Waals surface area contributed by atoms with Crippen LogP contribution in [-0.2, 0) is 0 Å². The number of nitrogens with zero attached hydrogens (tertiary/aromatic N) is 2. The molecule has 1 aromatic heterocycles. The lowest BCUT2D eigenvalue weighted by atomic mass is 10.2. The fraction of sp³-hybridized carbons (Fsp3) is 0.429. The van der Waals surface area contributed by atoms with Crippen LogP contribution in [0.1, 0.15) is 6.92 Å². The van der Waals surface area contributed by atoms with Gasteiger partial charge in [0.15, 0.2) is 0 Å². The SMILES string of the molecule is CC(C#N)CNc1cn[nH]c1. The van der Waals surface area contributed by atoms with Crippen molar-refractivity contribution in [2.24, 2.45) is 5.92 Å². The molecule has 0 amide bonds. The van der Waals surface area contributed by atoms with Gasteiger partial charge in [0.2, 0.25) is 0 Å². The Bertz CT molecular complexity index is 233. The number of hydrogen-bond acceptors (Lipinski definition) is 3. The van der Waals surface area contributed by atoms with Gasteiger partial charge in [-0.3, -0.25) is 5.10 Å². The van der Waals surface area contributed by atoms with Crippen LogP contribution < -0.4 is 5.32 Å². The van der Waals surface area contributed by atoms with E-state index in [1.165, 1.54) is 0 Å². The maximum absolute atomic E-state index is 8.45. The first-order valence-corrected chi connectivity index (χ1v) is 3.45. The van der Waals surface area contributed by atoms with Crippen LogP contribution in [0.5, 0.6) is 0 Å². The third kappa shape index (κ3) is 2.30. The molecular formula is C7H10N4. The van der Waals surface area contributed by atoms with Crippen LogP contribution in [0.4, 0.5) is 5.69 Å². The summed E-state index contributed by atoms with van der Waals surface area (Å²) in [6.07, 6.45) is 3.44. The molecule has 1 unspecified atom stereocenters. The van der Waals surface area contributed by atoms with E-state index in [2.05, 4.69) is 21.6 Å². The third-order valence-corrected chi connectivity index (χ3v) is 1.33. The topological polar surface area (TPSA) is 64.5 Å². The van der Waals surface area contributed by atoms with E-state index in [4.69, 9.17) is 5.26 Å². The zero-order valence-electron chi connectivity index (χ0n) is 6.33. The van der Waals surface area contributed by atoms with E-state index in [0.717, 1.165) is 5.69 Å². The van der Waals surface area contributed by atoms with Crippen LogP contribution in [0.25, 0.3) is 0 Å². The van der Waals surface area contributed by atoms with Crippen LogP contribution >= 0.6 is 0 Å². The molecule has 0 radical (unpaired) electrons. The van der Waals surface area contributed by atoms with Crippen molar-refractivity contribution in [2.75, 3.05) is 11.9 Å². The quantitative estimate of drug-likeness (QED) is 0.675. The monoisotopic (exact) mass is 150 g/mol. The van der Waals surface area contributed by atoms with Crippen molar-refractivity contribution in [2.45, 2.75) is 6.92 Å².